The summed E-state index contributed by atoms with van der Waals surface area (Å²) in [6, 6.07) is 3.00. The Bertz CT molecular complexity index is 632. The zero-order chi connectivity index (χ0) is 17.3. The van der Waals surface area contributed by atoms with Crippen LogP contribution in [0.2, 0.25) is 0 Å². The number of anilines is 1. The number of benzene rings is 1. The second-order valence-corrected chi connectivity index (χ2v) is 6.53. The van der Waals surface area contributed by atoms with Crippen LogP contribution in [-0.4, -0.2) is 49.9 Å². The summed E-state index contributed by atoms with van der Waals surface area (Å²) in [5, 5.41) is 3.11. The largest absolute Gasteiger partial charge is 0.342 e. The summed E-state index contributed by atoms with van der Waals surface area (Å²) in [5.41, 5.74) is 0.169. The van der Waals surface area contributed by atoms with E-state index in [-0.39, 0.29) is 30.5 Å². The van der Waals surface area contributed by atoms with Crippen molar-refractivity contribution in [3.05, 3.63) is 29.8 Å². The molecular formula is C17H21F2N3O2. The number of nitrogens with zero attached hydrogens (tertiary/aromatic N) is 2. The number of carbonyl (C=O) groups is 2. The third kappa shape index (κ3) is 3.40. The average Bonchev–Trinajstić information content (AvgIpc) is 3.13. The maximum Gasteiger partial charge on any atom is 0.228 e. The Hall–Kier alpha value is -2.02. The van der Waals surface area contributed by atoms with Gasteiger partial charge in [-0.05, 0) is 38.1 Å². The monoisotopic (exact) mass is 337 g/mol. The molecule has 0 aromatic heterocycles. The van der Waals surface area contributed by atoms with E-state index in [4.69, 9.17) is 0 Å². The van der Waals surface area contributed by atoms with Gasteiger partial charge in [0.1, 0.15) is 11.6 Å². The van der Waals surface area contributed by atoms with Crippen molar-refractivity contribution in [2.24, 2.45) is 11.8 Å². The fourth-order valence-corrected chi connectivity index (χ4v) is 3.56. The summed E-state index contributed by atoms with van der Waals surface area (Å²) in [6.45, 7) is 2.43. The first kappa shape index (κ1) is 16.8. The predicted molar refractivity (Wildman–Crippen MR) is 85.4 cm³/mol. The van der Waals surface area contributed by atoms with Gasteiger partial charge in [-0.15, -0.1) is 0 Å². The highest BCUT2D eigenvalue weighted by Crippen LogP contribution is 2.29. The summed E-state index contributed by atoms with van der Waals surface area (Å²) in [4.78, 5) is 27.9. The highest BCUT2D eigenvalue weighted by molar-refractivity contribution is 6.00. The van der Waals surface area contributed by atoms with Crippen LogP contribution in [0.5, 0.6) is 0 Å². The molecule has 2 heterocycles. The molecule has 5 nitrogen and oxygen atoms in total. The predicted octanol–water partition coefficient (Wildman–Crippen LogP) is 1.39. The van der Waals surface area contributed by atoms with Crippen LogP contribution in [0.4, 0.5) is 14.5 Å². The van der Waals surface area contributed by atoms with Crippen molar-refractivity contribution in [1.82, 2.24) is 10.2 Å². The Labute approximate surface area is 139 Å². The first-order valence-electron chi connectivity index (χ1n) is 8.17. The standard InChI is InChI=1S/C17H21F2N3O2/c1-20-8-11-2-3-21(9-11)17(24)12-4-16(23)22(10-12)15-6-13(18)5-14(19)7-15/h5-7,11-12,20H,2-4,8-10H2,1H3/t11-,12-/m0/s1. The number of likely N-dealkylation sites (tertiary alicyclic amines) is 1. The second kappa shape index (κ2) is 6.84. The van der Waals surface area contributed by atoms with E-state index in [9.17, 15) is 18.4 Å². The van der Waals surface area contributed by atoms with Gasteiger partial charge in [0.2, 0.25) is 11.8 Å². The first-order valence-corrected chi connectivity index (χ1v) is 8.17. The van der Waals surface area contributed by atoms with Gasteiger partial charge in [-0.2, -0.15) is 0 Å². The first-order chi connectivity index (χ1) is 11.5. The number of amides is 2. The molecule has 2 atom stereocenters. The maximum absolute atomic E-state index is 13.4. The van der Waals surface area contributed by atoms with Crippen LogP contribution in [0.3, 0.4) is 0 Å². The molecule has 2 amide bonds. The molecule has 2 aliphatic heterocycles. The molecule has 3 rings (SSSR count). The smallest absolute Gasteiger partial charge is 0.228 e. The van der Waals surface area contributed by atoms with Crippen LogP contribution in [0.15, 0.2) is 18.2 Å². The number of nitrogens with one attached hydrogen (secondary N) is 1. The molecule has 7 heteroatoms. The number of rotatable bonds is 4. The normalized spacial score (nSPS) is 24.0. The van der Waals surface area contributed by atoms with Crippen LogP contribution in [-0.2, 0) is 9.59 Å². The lowest BCUT2D eigenvalue weighted by atomic mass is 10.1. The second-order valence-electron chi connectivity index (χ2n) is 6.53. The summed E-state index contributed by atoms with van der Waals surface area (Å²) in [6.07, 6.45) is 1.04. The molecule has 0 bridgehead atoms. The minimum atomic E-state index is -0.734. The molecule has 0 unspecified atom stereocenters. The van der Waals surface area contributed by atoms with Crippen molar-refractivity contribution in [3.8, 4) is 0 Å². The van der Waals surface area contributed by atoms with Gasteiger partial charge in [0.15, 0.2) is 0 Å². The van der Waals surface area contributed by atoms with E-state index in [2.05, 4.69) is 5.32 Å². The van der Waals surface area contributed by atoms with E-state index in [1.165, 1.54) is 4.90 Å². The van der Waals surface area contributed by atoms with E-state index >= 15 is 0 Å². The number of hydrogen-bond acceptors (Lipinski definition) is 3. The van der Waals surface area contributed by atoms with Crippen molar-refractivity contribution in [3.63, 3.8) is 0 Å². The Morgan fingerprint density at radius 1 is 1.25 bits per heavy atom. The lowest BCUT2D eigenvalue weighted by Crippen LogP contribution is -2.36. The highest BCUT2D eigenvalue weighted by atomic mass is 19.1. The molecular weight excluding hydrogens is 316 g/mol. The fourth-order valence-electron chi connectivity index (χ4n) is 3.56. The van der Waals surface area contributed by atoms with Crippen LogP contribution in [0.25, 0.3) is 0 Å². The zero-order valence-corrected chi connectivity index (χ0v) is 13.6. The Morgan fingerprint density at radius 2 is 1.96 bits per heavy atom. The van der Waals surface area contributed by atoms with Crippen molar-refractivity contribution in [2.75, 3.05) is 38.1 Å². The number of hydrogen-bond donors (Lipinski definition) is 1. The number of carbonyl (C=O) groups excluding carboxylic acids is 2. The SMILES string of the molecule is CNC[C@@H]1CCN(C(=O)[C@H]2CC(=O)N(c3cc(F)cc(F)c3)C2)C1. The quantitative estimate of drug-likeness (QED) is 0.903. The van der Waals surface area contributed by atoms with Crippen LogP contribution >= 0.6 is 0 Å². The summed E-state index contributed by atoms with van der Waals surface area (Å²) in [7, 11) is 1.89. The summed E-state index contributed by atoms with van der Waals surface area (Å²) in [5.74, 6) is -1.80. The van der Waals surface area contributed by atoms with Crippen LogP contribution in [0, 0.1) is 23.5 Å². The Kier molecular flexibility index (Phi) is 4.80. The lowest BCUT2D eigenvalue weighted by molar-refractivity contribution is -0.134. The molecule has 24 heavy (non-hydrogen) atoms. The molecule has 0 aliphatic carbocycles. The molecule has 1 aromatic rings. The minimum Gasteiger partial charge on any atom is -0.342 e. The Balaban J connectivity index is 1.67. The summed E-state index contributed by atoms with van der Waals surface area (Å²) >= 11 is 0. The zero-order valence-electron chi connectivity index (χ0n) is 13.6. The lowest BCUT2D eigenvalue weighted by Gasteiger charge is -2.21. The van der Waals surface area contributed by atoms with E-state index in [1.54, 1.807) is 4.90 Å². The molecule has 130 valence electrons. The van der Waals surface area contributed by atoms with E-state index < -0.39 is 17.6 Å². The molecule has 0 radical (unpaired) electrons. The van der Waals surface area contributed by atoms with Crippen molar-refractivity contribution in [1.29, 1.82) is 0 Å². The molecule has 1 N–H and O–H groups in total. The molecule has 0 saturated carbocycles. The van der Waals surface area contributed by atoms with Gasteiger partial charge in [-0.25, -0.2) is 8.78 Å². The van der Waals surface area contributed by atoms with Gasteiger partial charge in [0.25, 0.3) is 0 Å². The maximum atomic E-state index is 13.4. The molecule has 2 saturated heterocycles. The summed E-state index contributed by atoms with van der Waals surface area (Å²) < 4.78 is 26.7. The highest BCUT2D eigenvalue weighted by Gasteiger charge is 2.39. The van der Waals surface area contributed by atoms with Crippen molar-refractivity contribution in [2.45, 2.75) is 12.8 Å². The van der Waals surface area contributed by atoms with Gasteiger partial charge in [0.05, 0.1) is 5.92 Å². The van der Waals surface area contributed by atoms with E-state index in [0.29, 0.717) is 19.0 Å². The topological polar surface area (TPSA) is 52.7 Å². The van der Waals surface area contributed by atoms with Gasteiger partial charge in [0, 0.05) is 37.8 Å². The number of halogens is 2. The van der Waals surface area contributed by atoms with Crippen LogP contribution in [0.1, 0.15) is 12.8 Å². The van der Waals surface area contributed by atoms with Gasteiger partial charge >= 0.3 is 0 Å². The van der Waals surface area contributed by atoms with E-state index in [1.807, 2.05) is 7.05 Å². The average molecular weight is 337 g/mol. The van der Waals surface area contributed by atoms with Crippen molar-refractivity contribution < 1.29 is 18.4 Å². The fraction of sp³-hybridized carbons (Fsp3) is 0.529. The minimum absolute atomic E-state index is 0.0404. The van der Waals surface area contributed by atoms with Gasteiger partial charge in [-0.1, -0.05) is 0 Å². The van der Waals surface area contributed by atoms with E-state index in [0.717, 1.165) is 31.2 Å². The third-order valence-corrected chi connectivity index (χ3v) is 4.72. The Morgan fingerprint density at radius 3 is 2.62 bits per heavy atom. The third-order valence-electron chi connectivity index (χ3n) is 4.72. The molecule has 2 aliphatic rings. The van der Waals surface area contributed by atoms with Crippen molar-refractivity contribution >= 4 is 17.5 Å². The molecule has 0 spiro atoms. The van der Waals surface area contributed by atoms with Gasteiger partial charge in [-0.3, -0.25) is 9.59 Å². The van der Waals surface area contributed by atoms with Crippen LogP contribution < -0.4 is 10.2 Å². The van der Waals surface area contributed by atoms with Gasteiger partial charge < -0.3 is 15.1 Å². The molecule has 2 fully saturated rings. The molecule has 1 aromatic carbocycles.